The maximum atomic E-state index is 12.6. The van der Waals surface area contributed by atoms with Gasteiger partial charge in [-0.05, 0) is 51.6 Å². The molecule has 170 valence electrons. The van der Waals surface area contributed by atoms with E-state index in [4.69, 9.17) is 27.9 Å². The minimum atomic E-state index is -0.984. The second-order valence-electron chi connectivity index (χ2n) is 7.28. The van der Waals surface area contributed by atoms with Crippen molar-refractivity contribution in [1.29, 1.82) is 0 Å². The number of carbonyl (C=O) groups is 2. The van der Waals surface area contributed by atoms with Crippen LogP contribution >= 0.6 is 35.0 Å². The first kappa shape index (κ1) is 24.3. The SMILES string of the molecule is CSc1nc2nc(C)c(CC(=O)OC(C)C(=O)NC(C)c3ccc(Cl)cc3Cl)c(C)n2n1. The van der Waals surface area contributed by atoms with Crippen LogP contribution in [0.15, 0.2) is 23.4 Å². The van der Waals surface area contributed by atoms with E-state index in [1.54, 1.807) is 36.6 Å². The van der Waals surface area contributed by atoms with Crippen molar-refractivity contribution in [2.24, 2.45) is 0 Å². The summed E-state index contributed by atoms with van der Waals surface area (Å²) < 4.78 is 6.97. The Labute approximate surface area is 200 Å². The van der Waals surface area contributed by atoms with Gasteiger partial charge in [-0.25, -0.2) is 9.50 Å². The van der Waals surface area contributed by atoms with Gasteiger partial charge < -0.3 is 10.1 Å². The highest BCUT2D eigenvalue weighted by atomic mass is 35.5. The van der Waals surface area contributed by atoms with Crippen LogP contribution in [0.5, 0.6) is 0 Å². The van der Waals surface area contributed by atoms with E-state index in [2.05, 4.69) is 20.4 Å². The third-order valence-electron chi connectivity index (χ3n) is 5.00. The topological polar surface area (TPSA) is 98.5 Å². The van der Waals surface area contributed by atoms with E-state index in [1.165, 1.54) is 18.7 Å². The predicted molar refractivity (Wildman–Crippen MR) is 124 cm³/mol. The van der Waals surface area contributed by atoms with Gasteiger partial charge in [-0.15, -0.1) is 5.10 Å². The molecule has 0 aliphatic rings. The summed E-state index contributed by atoms with van der Waals surface area (Å²) in [6.45, 7) is 6.95. The lowest BCUT2D eigenvalue weighted by Gasteiger charge is -2.19. The second kappa shape index (κ2) is 10.1. The molecule has 2 aromatic heterocycles. The van der Waals surface area contributed by atoms with Crippen molar-refractivity contribution >= 4 is 52.6 Å². The summed E-state index contributed by atoms with van der Waals surface area (Å²) in [5, 5.41) is 8.73. The lowest BCUT2D eigenvalue weighted by molar-refractivity contribution is -0.154. The van der Waals surface area contributed by atoms with E-state index in [0.717, 1.165) is 5.69 Å². The molecule has 0 bridgehead atoms. The van der Waals surface area contributed by atoms with E-state index in [-0.39, 0.29) is 12.5 Å². The fourth-order valence-electron chi connectivity index (χ4n) is 3.23. The zero-order valence-electron chi connectivity index (χ0n) is 18.3. The number of aryl methyl sites for hydroxylation is 2. The molecule has 0 radical (unpaired) electrons. The van der Waals surface area contributed by atoms with Gasteiger partial charge in [-0.3, -0.25) is 9.59 Å². The van der Waals surface area contributed by atoms with E-state index in [0.29, 0.717) is 37.8 Å². The number of nitrogens with zero attached hydrogens (tertiary/aromatic N) is 4. The summed E-state index contributed by atoms with van der Waals surface area (Å²) in [5.74, 6) is -0.494. The number of hydrogen-bond donors (Lipinski definition) is 1. The van der Waals surface area contributed by atoms with Crippen LogP contribution in [0.25, 0.3) is 5.78 Å². The van der Waals surface area contributed by atoms with Gasteiger partial charge in [-0.2, -0.15) is 4.98 Å². The van der Waals surface area contributed by atoms with Gasteiger partial charge in [-0.1, -0.05) is 41.0 Å². The first-order valence-electron chi connectivity index (χ1n) is 9.82. The number of carbonyl (C=O) groups excluding carboxylic acids is 2. The largest absolute Gasteiger partial charge is 0.452 e. The number of esters is 1. The molecular weight excluding hydrogens is 473 g/mol. The van der Waals surface area contributed by atoms with Crippen LogP contribution in [0.4, 0.5) is 0 Å². The zero-order valence-corrected chi connectivity index (χ0v) is 20.6. The monoisotopic (exact) mass is 495 g/mol. The Bertz CT molecular complexity index is 1180. The lowest BCUT2D eigenvalue weighted by atomic mass is 10.1. The lowest BCUT2D eigenvalue weighted by Crippen LogP contribution is -2.37. The van der Waals surface area contributed by atoms with Gasteiger partial charge in [0.25, 0.3) is 11.7 Å². The Morgan fingerprint density at radius 2 is 1.94 bits per heavy atom. The van der Waals surface area contributed by atoms with Crippen molar-refractivity contribution < 1.29 is 14.3 Å². The molecule has 0 aliphatic heterocycles. The number of nitrogens with one attached hydrogen (secondary N) is 1. The number of thioether (sulfide) groups is 1. The maximum Gasteiger partial charge on any atom is 0.311 e. The standard InChI is InChI=1S/C21H23Cl2N5O3S/c1-10(15-7-6-14(22)8-17(15)23)24-19(30)13(4)31-18(29)9-16-11(2)25-20-26-21(32-5)27-28(20)12(16)3/h6-8,10,13H,9H2,1-5H3,(H,24,30). The number of benzene rings is 1. The third-order valence-corrected chi connectivity index (χ3v) is 6.10. The average Bonchev–Trinajstić information content (AvgIpc) is 3.14. The van der Waals surface area contributed by atoms with E-state index < -0.39 is 18.0 Å². The fraction of sp³-hybridized carbons (Fsp3) is 0.381. The minimum absolute atomic E-state index is 0.0365. The molecule has 1 amide bonds. The molecule has 32 heavy (non-hydrogen) atoms. The summed E-state index contributed by atoms with van der Waals surface area (Å²) in [6, 6.07) is 4.66. The number of halogens is 2. The van der Waals surface area contributed by atoms with Crippen LogP contribution in [0.3, 0.4) is 0 Å². The van der Waals surface area contributed by atoms with Crippen LogP contribution < -0.4 is 5.32 Å². The van der Waals surface area contributed by atoms with Crippen molar-refractivity contribution in [2.75, 3.05) is 6.26 Å². The van der Waals surface area contributed by atoms with Gasteiger partial charge in [0.15, 0.2) is 6.10 Å². The highest BCUT2D eigenvalue weighted by Gasteiger charge is 2.23. The van der Waals surface area contributed by atoms with Gasteiger partial charge >= 0.3 is 5.97 Å². The molecule has 3 rings (SSSR count). The molecule has 0 fully saturated rings. The molecule has 3 aromatic rings. The molecule has 2 unspecified atom stereocenters. The normalized spacial score (nSPS) is 13.1. The van der Waals surface area contributed by atoms with E-state index >= 15 is 0 Å². The van der Waals surface area contributed by atoms with Crippen LogP contribution in [-0.2, 0) is 20.7 Å². The Morgan fingerprint density at radius 1 is 1.22 bits per heavy atom. The van der Waals surface area contributed by atoms with E-state index in [9.17, 15) is 9.59 Å². The molecule has 1 aromatic carbocycles. The number of rotatable bonds is 7. The van der Waals surface area contributed by atoms with Crippen molar-refractivity contribution in [2.45, 2.75) is 51.4 Å². The number of ether oxygens (including phenoxy) is 1. The van der Waals surface area contributed by atoms with Gasteiger partial charge in [0.05, 0.1) is 12.5 Å². The van der Waals surface area contributed by atoms with Crippen LogP contribution in [-0.4, -0.2) is 43.8 Å². The highest BCUT2D eigenvalue weighted by Crippen LogP contribution is 2.26. The number of amides is 1. The second-order valence-corrected chi connectivity index (χ2v) is 8.89. The summed E-state index contributed by atoms with van der Waals surface area (Å²) in [6.07, 6.45) is 0.858. The first-order chi connectivity index (χ1) is 15.1. The Hall–Kier alpha value is -2.36. The highest BCUT2D eigenvalue weighted by molar-refractivity contribution is 7.98. The Kier molecular flexibility index (Phi) is 7.63. The van der Waals surface area contributed by atoms with E-state index in [1.807, 2.05) is 13.2 Å². The molecule has 0 aliphatic carbocycles. The van der Waals surface area contributed by atoms with Crippen LogP contribution in [0, 0.1) is 13.8 Å². The smallest absolute Gasteiger partial charge is 0.311 e. The number of hydrogen-bond acceptors (Lipinski definition) is 7. The number of fused-ring (bicyclic) bond motifs is 1. The van der Waals surface area contributed by atoms with Gasteiger partial charge in [0.2, 0.25) is 5.16 Å². The summed E-state index contributed by atoms with van der Waals surface area (Å²) in [4.78, 5) is 33.9. The summed E-state index contributed by atoms with van der Waals surface area (Å²) >= 11 is 13.5. The summed E-state index contributed by atoms with van der Waals surface area (Å²) in [7, 11) is 0. The van der Waals surface area contributed by atoms with Crippen molar-refractivity contribution in [3.05, 3.63) is 50.8 Å². The Morgan fingerprint density at radius 3 is 2.59 bits per heavy atom. The maximum absolute atomic E-state index is 12.6. The third kappa shape index (κ3) is 5.33. The van der Waals surface area contributed by atoms with Crippen LogP contribution in [0.1, 0.15) is 42.4 Å². The van der Waals surface area contributed by atoms with Crippen LogP contribution in [0.2, 0.25) is 10.0 Å². The fourth-order valence-corrected chi connectivity index (χ4v) is 4.14. The summed E-state index contributed by atoms with van der Waals surface area (Å²) in [5.41, 5.74) is 2.82. The molecule has 0 spiro atoms. The Balaban J connectivity index is 1.66. The average molecular weight is 496 g/mol. The zero-order chi connectivity index (χ0) is 23.6. The minimum Gasteiger partial charge on any atom is -0.452 e. The quantitative estimate of drug-likeness (QED) is 0.388. The molecule has 8 nitrogen and oxygen atoms in total. The number of aromatic nitrogens is 4. The van der Waals surface area contributed by atoms with Crippen molar-refractivity contribution in [3.8, 4) is 0 Å². The molecule has 2 atom stereocenters. The molecule has 2 heterocycles. The first-order valence-corrected chi connectivity index (χ1v) is 11.8. The molecule has 0 saturated heterocycles. The van der Waals surface area contributed by atoms with Crippen molar-refractivity contribution in [1.82, 2.24) is 24.9 Å². The van der Waals surface area contributed by atoms with Gasteiger partial charge in [0, 0.05) is 27.0 Å². The molecule has 1 N–H and O–H groups in total. The van der Waals surface area contributed by atoms with Crippen molar-refractivity contribution in [3.63, 3.8) is 0 Å². The molecule has 11 heteroatoms. The van der Waals surface area contributed by atoms with Gasteiger partial charge in [0.1, 0.15) is 0 Å². The molecule has 0 saturated carbocycles. The predicted octanol–water partition coefficient (Wildman–Crippen LogP) is 4.12. The molecular formula is C21H23Cl2N5O3S.